The zero-order chi connectivity index (χ0) is 17.5. The molecule has 0 aromatic carbocycles. The number of carbonyl (C=O) groups is 2. The van der Waals surface area contributed by atoms with Crippen molar-refractivity contribution in [3.05, 3.63) is 12.7 Å². The fraction of sp³-hybridized carbons (Fsp3) is 0.750. The predicted molar refractivity (Wildman–Crippen MR) is 87.8 cm³/mol. The molecule has 0 unspecified atom stereocenters. The van der Waals surface area contributed by atoms with Gasteiger partial charge in [0.15, 0.2) is 0 Å². The maximum Gasteiger partial charge on any atom is 0.410 e. The van der Waals surface area contributed by atoms with E-state index in [0.29, 0.717) is 45.1 Å². The summed E-state index contributed by atoms with van der Waals surface area (Å²) in [6, 6.07) is -0.179. The second kappa shape index (κ2) is 8.89. The van der Waals surface area contributed by atoms with Gasteiger partial charge in [-0.05, 0) is 25.2 Å². The lowest BCUT2D eigenvalue weighted by molar-refractivity contribution is -0.0256. The van der Waals surface area contributed by atoms with Crippen LogP contribution in [0, 0.1) is 5.92 Å². The van der Waals surface area contributed by atoms with E-state index in [4.69, 9.17) is 20.3 Å². The first kappa shape index (κ1) is 18.5. The van der Waals surface area contributed by atoms with E-state index >= 15 is 0 Å². The van der Waals surface area contributed by atoms with Crippen molar-refractivity contribution in [1.82, 2.24) is 9.80 Å². The van der Waals surface area contributed by atoms with Crippen molar-refractivity contribution in [1.29, 1.82) is 0 Å². The summed E-state index contributed by atoms with van der Waals surface area (Å²) in [4.78, 5) is 25.9. The Bertz CT molecular complexity index is 451. The van der Waals surface area contributed by atoms with Crippen molar-refractivity contribution >= 4 is 12.2 Å². The molecule has 0 radical (unpaired) electrons. The SMILES string of the molecule is C=CCOC(=O)N1CCC(CO[C@@H]2C[C@H](N)CN(C(=O)O)C2)CC1. The molecule has 0 aliphatic carbocycles. The summed E-state index contributed by atoms with van der Waals surface area (Å²) in [6.07, 6.45) is 2.52. The summed E-state index contributed by atoms with van der Waals surface area (Å²) in [6.45, 7) is 6.34. The normalized spacial score (nSPS) is 25.4. The van der Waals surface area contributed by atoms with E-state index in [1.165, 1.54) is 4.90 Å². The van der Waals surface area contributed by atoms with E-state index in [0.717, 1.165) is 12.8 Å². The minimum Gasteiger partial charge on any atom is -0.465 e. The van der Waals surface area contributed by atoms with Crippen LogP contribution < -0.4 is 5.73 Å². The number of hydrogen-bond donors (Lipinski definition) is 2. The molecule has 0 aromatic rings. The molecule has 2 heterocycles. The number of nitrogens with two attached hydrogens (primary N) is 1. The van der Waals surface area contributed by atoms with Gasteiger partial charge < -0.3 is 30.1 Å². The summed E-state index contributed by atoms with van der Waals surface area (Å²) in [5.74, 6) is 0.366. The van der Waals surface area contributed by atoms with E-state index < -0.39 is 6.09 Å². The number of ether oxygens (including phenoxy) is 2. The fourth-order valence-electron chi connectivity index (χ4n) is 3.14. The van der Waals surface area contributed by atoms with Crippen molar-refractivity contribution in [2.45, 2.75) is 31.4 Å². The Kier molecular flexibility index (Phi) is 6.86. The second-order valence-electron chi connectivity index (χ2n) is 6.43. The second-order valence-corrected chi connectivity index (χ2v) is 6.43. The molecule has 2 aliphatic rings. The zero-order valence-corrected chi connectivity index (χ0v) is 13.9. The summed E-state index contributed by atoms with van der Waals surface area (Å²) in [7, 11) is 0. The molecule has 24 heavy (non-hydrogen) atoms. The molecule has 0 aromatic heterocycles. The van der Waals surface area contributed by atoms with Gasteiger partial charge >= 0.3 is 12.2 Å². The molecule has 0 bridgehead atoms. The molecule has 0 spiro atoms. The van der Waals surface area contributed by atoms with Gasteiger partial charge in [-0.2, -0.15) is 0 Å². The zero-order valence-electron chi connectivity index (χ0n) is 13.9. The van der Waals surface area contributed by atoms with Crippen LogP contribution in [-0.4, -0.2) is 78.6 Å². The van der Waals surface area contributed by atoms with Crippen molar-refractivity contribution in [2.24, 2.45) is 11.7 Å². The Balaban J connectivity index is 1.69. The van der Waals surface area contributed by atoms with Crippen LogP contribution in [0.3, 0.4) is 0 Å². The van der Waals surface area contributed by atoms with Crippen LogP contribution in [0.5, 0.6) is 0 Å². The predicted octanol–water partition coefficient (Wildman–Crippen LogP) is 1.12. The standard InChI is InChI=1S/C16H27N3O5/c1-2-7-23-16(22)18-5-3-12(4-6-18)11-24-14-8-13(17)9-19(10-14)15(20)21/h2,12-14H,1,3-11,17H2,(H,20,21)/t13-,14+/m0/s1. The van der Waals surface area contributed by atoms with E-state index in [1.807, 2.05) is 0 Å². The fourth-order valence-corrected chi connectivity index (χ4v) is 3.14. The first-order chi connectivity index (χ1) is 11.5. The van der Waals surface area contributed by atoms with Crippen LogP contribution in [0.2, 0.25) is 0 Å². The largest absolute Gasteiger partial charge is 0.465 e. The summed E-state index contributed by atoms with van der Waals surface area (Å²) in [5, 5.41) is 9.09. The minimum absolute atomic E-state index is 0.152. The molecular weight excluding hydrogens is 314 g/mol. The van der Waals surface area contributed by atoms with E-state index in [2.05, 4.69) is 6.58 Å². The Labute approximate surface area is 142 Å². The molecule has 3 N–H and O–H groups in total. The first-order valence-corrected chi connectivity index (χ1v) is 8.37. The molecule has 2 saturated heterocycles. The Morgan fingerprint density at radius 2 is 1.96 bits per heavy atom. The lowest BCUT2D eigenvalue weighted by Gasteiger charge is -2.36. The third kappa shape index (κ3) is 5.38. The molecule has 8 nitrogen and oxygen atoms in total. The third-order valence-corrected chi connectivity index (χ3v) is 4.48. The summed E-state index contributed by atoms with van der Waals surface area (Å²) in [5.41, 5.74) is 5.90. The number of likely N-dealkylation sites (tertiary alicyclic amines) is 2. The van der Waals surface area contributed by atoms with Crippen molar-refractivity contribution < 1.29 is 24.2 Å². The van der Waals surface area contributed by atoms with Gasteiger partial charge in [-0.3, -0.25) is 0 Å². The van der Waals surface area contributed by atoms with Gasteiger partial charge in [-0.15, -0.1) is 0 Å². The first-order valence-electron chi connectivity index (χ1n) is 8.37. The highest BCUT2D eigenvalue weighted by Crippen LogP contribution is 2.20. The average molecular weight is 341 g/mol. The molecule has 2 rings (SSSR count). The average Bonchev–Trinajstić information content (AvgIpc) is 2.57. The number of piperidine rings is 2. The third-order valence-electron chi connectivity index (χ3n) is 4.48. The van der Waals surface area contributed by atoms with Crippen molar-refractivity contribution in [3.8, 4) is 0 Å². The molecule has 2 atom stereocenters. The molecule has 136 valence electrons. The molecular formula is C16H27N3O5. The number of nitrogens with zero attached hydrogens (tertiary/aromatic N) is 2. The Hall–Kier alpha value is -1.80. The number of hydrogen-bond acceptors (Lipinski definition) is 5. The topological polar surface area (TPSA) is 105 Å². The lowest BCUT2D eigenvalue weighted by Crippen LogP contribution is -2.52. The van der Waals surface area contributed by atoms with Crippen molar-refractivity contribution in [3.63, 3.8) is 0 Å². The highest BCUT2D eigenvalue weighted by molar-refractivity contribution is 5.67. The number of amides is 2. The quantitative estimate of drug-likeness (QED) is 0.726. The van der Waals surface area contributed by atoms with E-state index in [9.17, 15) is 9.59 Å². The Morgan fingerprint density at radius 3 is 2.58 bits per heavy atom. The van der Waals surface area contributed by atoms with Gasteiger partial charge in [0.2, 0.25) is 0 Å². The number of carbonyl (C=O) groups excluding carboxylic acids is 1. The number of rotatable bonds is 5. The lowest BCUT2D eigenvalue weighted by atomic mass is 9.97. The Morgan fingerprint density at radius 1 is 1.25 bits per heavy atom. The van der Waals surface area contributed by atoms with E-state index in [1.54, 1.807) is 11.0 Å². The van der Waals surface area contributed by atoms with Crippen LogP contribution in [-0.2, 0) is 9.47 Å². The monoisotopic (exact) mass is 341 g/mol. The van der Waals surface area contributed by atoms with Crippen LogP contribution in [0.15, 0.2) is 12.7 Å². The highest BCUT2D eigenvalue weighted by atomic mass is 16.6. The highest BCUT2D eigenvalue weighted by Gasteiger charge is 2.30. The van der Waals surface area contributed by atoms with Crippen LogP contribution in [0.25, 0.3) is 0 Å². The maximum atomic E-state index is 11.8. The van der Waals surface area contributed by atoms with Gasteiger partial charge in [0.1, 0.15) is 6.61 Å². The van der Waals surface area contributed by atoms with Gasteiger partial charge in [-0.25, -0.2) is 9.59 Å². The van der Waals surface area contributed by atoms with Gasteiger partial charge in [0.05, 0.1) is 12.6 Å². The van der Waals surface area contributed by atoms with Crippen LogP contribution in [0.1, 0.15) is 19.3 Å². The molecule has 8 heteroatoms. The van der Waals surface area contributed by atoms with Gasteiger partial charge in [0, 0.05) is 32.3 Å². The molecule has 2 aliphatic heterocycles. The van der Waals surface area contributed by atoms with Crippen LogP contribution >= 0.6 is 0 Å². The summed E-state index contributed by atoms with van der Waals surface area (Å²) >= 11 is 0. The van der Waals surface area contributed by atoms with Gasteiger partial charge in [-0.1, -0.05) is 12.7 Å². The molecule has 0 saturated carbocycles. The minimum atomic E-state index is -0.954. The summed E-state index contributed by atoms with van der Waals surface area (Å²) < 4.78 is 10.9. The maximum absolute atomic E-state index is 11.8. The molecule has 2 amide bonds. The van der Waals surface area contributed by atoms with Crippen molar-refractivity contribution in [2.75, 3.05) is 39.4 Å². The molecule has 2 fully saturated rings. The number of carboxylic acid groups (broad SMARTS) is 1. The smallest absolute Gasteiger partial charge is 0.410 e. The van der Waals surface area contributed by atoms with Crippen LogP contribution in [0.4, 0.5) is 9.59 Å². The van der Waals surface area contributed by atoms with E-state index in [-0.39, 0.29) is 24.8 Å². The van der Waals surface area contributed by atoms with Gasteiger partial charge in [0.25, 0.3) is 0 Å².